The lowest BCUT2D eigenvalue weighted by atomic mass is 9.94. The topological polar surface area (TPSA) is 29.9 Å². The van der Waals surface area contributed by atoms with Crippen molar-refractivity contribution in [3.8, 4) is 11.1 Å². The summed E-state index contributed by atoms with van der Waals surface area (Å²) in [7, 11) is 1.97. The van der Waals surface area contributed by atoms with E-state index in [4.69, 9.17) is 0 Å². The lowest BCUT2D eigenvalue weighted by molar-refractivity contribution is 0.463. The highest BCUT2D eigenvalue weighted by Gasteiger charge is 2.16. The Morgan fingerprint density at radius 3 is 2.71 bits per heavy atom. The van der Waals surface area contributed by atoms with Crippen LogP contribution in [-0.4, -0.2) is 22.1 Å². The van der Waals surface area contributed by atoms with Crippen molar-refractivity contribution < 1.29 is 0 Å². The lowest BCUT2D eigenvalue weighted by Crippen LogP contribution is -2.22. The molecule has 0 radical (unpaired) electrons. The third-order valence-electron chi connectivity index (χ3n) is 4.21. The van der Waals surface area contributed by atoms with Crippen LogP contribution in [-0.2, 0) is 7.05 Å². The van der Waals surface area contributed by atoms with E-state index in [-0.39, 0.29) is 0 Å². The normalized spacial score (nSPS) is 16.1. The third-order valence-corrected chi connectivity index (χ3v) is 4.93. The Hall–Kier alpha value is -1.42. The van der Waals surface area contributed by atoms with E-state index < -0.39 is 0 Å². The molecule has 1 heterocycles. The van der Waals surface area contributed by atoms with Gasteiger partial charge in [-0.3, -0.25) is 4.68 Å². The van der Waals surface area contributed by atoms with Crippen molar-refractivity contribution in [3.05, 3.63) is 30.6 Å². The molecule has 1 fully saturated rings. The molecule has 0 bridgehead atoms. The van der Waals surface area contributed by atoms with E-state index in [1.54, 1.807) is 11.8 Å². The van der Waals surface area contributed by atoms with Crippen LogP contribution in [0.15, 0.2) is 35.5 Å². The van der Waals surface area contributed by atoms with Crippen LogP contribution in [0.2, 0.25) is 0 Å². The third kappa shape index (κ3) is 3.43. The molecule has 1 aromatic heterocycles. The summed E-state index contributed by atoms with van der Waals surface area (Å²) in [4.78, 5) is 1.29. The first-order valence-electron chi connectivity index (χ1n) is 7.70. The van der Waals surface area contributed by atoms with E-state index in [1.165, 1.54) is 53.8 Å². The van der Waals surface area contributed by atoms with E-state index in [9.17, 15) is 0 Å². The van der Waals surface area contributed by atoms with Gasteiger partial charge in [0, 0.05) is 41.0 Å². The van der Waals surface area contributed by atoms with Gasteiger partial charge in [0.1, 0.15) is 0 Å². The fourth-order valence-corrected chi connectivity index (χ4v) is 3.48. The van der Waals surface area contributed by atoms with Gasteiger partial charge >= 0.3 is 0 Å². The number of aryl methyl sites for hydroxylation is 1. The minimum atomic E-state index is 0.620. The number of hydrogen-bond acceptors (Lipinski definition) is 3. The molecule has 1 aromatic carbocycles. The Morgan fingerprint density at radius 2 is 2.05 bits per heavy atom. The zero-order valence-electron chi connectivity index (χ0n) is 12.8. The van der Waals surface area contributed by atoms with E-state index in [0.717, 1.165) is 0 Å². The van der Waals surface area contributed by atoms with Crippen LogP contribution in [0.5, 0.6) is 0 Å². The maximum atomic E-state index is 4.32. The van der Waals surface area contributed by atoms with Gasteiger partial charge in [0.15, 0.2) is 0 Å². The Morgan fingerprint density at radius 1 is 1.24 bits per heavy atom. The minimum Gasteiger partial charge on any atom is -0.382 e. The standard InChI is InChI=1S/C17H23N3S/c1-20-12-13(11-18-20)16-10-15(21-2)8-9-17(16)19-14-6-4-3-5-7-14/h8-12,14,19H,3-7H2,1-2H3. The summed E-state index contributed by atoms with van der Waals surface area (Å²) in [6.45, 7) is 0. The number of hydrogen-bond donors (Lipinski definition) is 1. The number of anilines is 1. The van der Waals surface area contributed by atoms with Crippen LogP contribution in [0.3, 0.4) is 0 Å². The molecule has 21 heavy (non-hydrogen) atoms. The van der Waals surface area contributed by atoms with Crippen LogP contribution in [0.4, 0.5) is 5.69 Å². The highest BCUT2D eigenvalue weighted by molar-refractivity contribution is 7.98. The van der Waals surface area contributed by atoms with Gasteiger partial charge in [-0.15, -0.1) is 11.8 Å². The predicted octanol–water partition coefficient (Wildman–Crippen LogP) is 4.55. The second-order valence-corrected chi connectivity index (χ2v) is 6.67. The van der Waals surface area contributed by atoms with Gasteiger partial charge in [-0.2, -0.15) is 5.10 Å². The molecule has 0 spiro atoms. The Labute approximate surface area is 131 Å². The molecule has 0 aliphatic heterocycles. The first kappa shape index (κ1) is 14.5. The van der Waals surface area contributed by atoms with E-state index in [0.29, 0.717) is 6.04 Å². The van der Waals surface area contributed by atoms with Gasteiger partial charge in [0.05, 0.1) is 6.20 Å². The molecule has 3 rings (SSSR count). The summed E-state index contributed by atoms with van der Waals surface area (Å²) in [5.41, 5.74) is 3.69. The Balaban J connectivity index is 1.91. The first-order chi connectivity index (χ1) is 10.3. The largest absolute Gasteiger partial charge is 0.382 e. The van der Waals surface area contributed by atoms with Gasteiger partial charge in [0.25, 0.3) is 0 Å². The van der Waals surface area contributed by atoms with Crippen LogP contribution >= 0.6 is 11.8 Å². The highest BCUT2D eigenvalue weighted by Crippen LogP contribution is 2.33. The van der Waals surface area contributed by atoms with Crippen molar-refractivity contribution in [2.24, 2.45) is 7.05 Å². The van der Waals surface area contributed by atoms with E-state index in [1.807, 2.05) is 17.9 Å². The fourth-order valence-electron chi connectivity index (χ4n) is 3.04. The summed E-state index contributed by atoms with van der Waals surface area (Å²) in [5.74, 6) is 0. The quantitative estimate of drug-likeness (QED) is 0.840. The minimum absolute atomic E-state index is 0.620. The number of nitrogens with zero attached hydrogens (tertiary/aromatic N) is 2. The van der Waals surface area contributed by atoms with Gasteiger partial charge in [-0.05, 0) is 37.3 Å². The van der Waals surface area contributed by atoms with Crippen LogP contribution in [0, 0.1) is 0 Å². The van der Waals surface area contributed by atoms with E-state index in [2.05, 4.69) is 41.1 Å². The fraction of sp³-hybridized carbons (Fsp3) is 0.471. The summed E-state index contributed by atoms with van der Waals surface area (Å²) in [6, 6.07) is 7.32. The molecule has 4 heteroatoms. The Bertz CT molecular complexity index is 600. The molecule has 1 saturated carbocycles. The summed E-state index contributed by atoms with van der Waals surface area (Å²) in [6.07, 6.45) is 12.8. The average molecular weight is 301 g/mol. The molecule has 0 atom stereocenters. The first-order valence-corrected chi connectivity index (χ1v) is 8.92. The number of aromatic nitrogens is 2. The molecule has 1 aliphatic carbocycles. The number of benzene rings is 1. The molecule has 112 valence electrons. The van der Waals surface area contributed by atoms with E-state index >= 15 is 0 Å². The smallest absolute Gasteiger partial charge is 0.0568 e. The van der Waals surface area contributed by atoms with Gasteiger partial charge in [-0.25, -0.2) is 0 Å². The number of nitrogens with one attached hydrogen (secondary N) is 1. The molecule has 0 saturated heterocycles. The van der Waals surface area contributed by atoms with Crippen molar-refractivity contribution in [3.63, 3.8) is 0 Å². The molecular formula is C17H23N3S. The molecule has 2 aromatic rings. The van der Waals surface area contributed by atoms with Crippen LogP contribution < -0.4 is 5.32 Å². The maximum absolute atomic E-state index is 4.32. The SMILES string of the molecule is CSc1ccc(NC2CCCCC2)c(-c2cnn(C)c2)c1. The summed E-state index contributed by atoms with van der Waals surface area (Å²) >= 11 is 1.78. The van der Waals surface area contributed by atoms with Crippen molar-refractivity contribution in [1.29, 1.82) is 0 Å². The Kier molecular flexibility index (Phi) is 4.54. The predicted molar refractivity (Wildman–Crippen MR) is 90.9 cm³/mol. The summed E-state index contributed by atoms with van der Waals surface area (Å²) in [5, 5.41) is 8.08. The zero-order chi connectivity index (χ0) is 14.7. The summed E-state index contributed by atoms with van der Waals surface area (Å²) < 4.78 is 1.87. The molecule has 0 unspecified atom stereocenters. The molecule has 0 amide bonds. The van der Waals surface area contributed by atoms with Gasteiger partial charge < -0.3 is 5.32 Å². The second-order valence-electron chi connectivity index (χ2n) is 5.79. The van der Waals surface area contributed by atoms with Crippen molar-refractivity contribution in [2.75, 3.05) is 11.6 Å². The lowest BCUT2D eigenvalue weighted by Gasteiger charge is -2.25. The molecule has 1 N–H and O–H groups in total. The van der Waals surface area contributed by atoms with Crippen molar-refractivity contribution in [1.82, 2.24) is 9.78 Å². The monoisotopic (exact) mass is 301 g/mol. The molecular weight excluding hydrogens is 278 g/mol. The number of rotatable bonds is 4. The van der Waals surface area contributed by atoms with Gasteiger partial charge in [0.2, 0.25) is 0 Å². The van der Waals surface area contributed by atoms with Crippen molar-refractivity contribution >= 4 is 17.4 Å². The maximum Gasteiger partial charge on any atom is 0.0568 e. The second kappa shape index (κ2) is 6.56. The van der Waals surface area contributed by atoms with Gasteiger partial charge in [-0.1, -0.05) is 19.3 Å². The van der Waals surface area contributed by atoms with Crippen LogP contribution in [0.1, 0.15) is 32.1 Å². The zero-order valence-corrected chi connectivity index (χ0v) is 13.6. The van der Waals surface area contributed by atoms with Crippen molar-refractivity contribution in [2.45, 2.75) is 43.0 Å². The van der Waals surface area contributed by atoms with Crippen LogP contribution in [0.25, 0.3) is 11.1 Å². The number of thioether (sulfide) groups is 1. The molecule has 1 aliphatic rings. The highest BCUT2D eigenvalue weighted by atomic mass is 32.2. The average Bonchev–Trinajstić information content (AvgIpc) is 2.95. The molecule has 3 nitrogen and oxygen atoms in total.